The van der Waals surface area contributed by atoms with Crippen molar-refractivity contribution >= 4 is 5.91 Å². The first kappa shape index (κ1) is 17.5. The number of amides is 1. The molecule has 0 bridgehead atoms. The van der Waals surface area contributed by atoms with E-state index in [-0.39, 0.29) is 24.2 Å². The van der Waals surface area contributed by atoms with Crippen molar-refractivity contribution in [3.63, 3.8) is 0 Å². The van der Waals surface area contributed by atoms with E-state index in [1.54, 1.807) is 11.0 Å². The molecule has 0 saturated heterocycles. The van der Waals surface area contributed by atoms with Crippen molar-refractivity contribution in [3.05, 3.63) is 70.5 Å². The minimum Gasteiger partial charge on any atom is -0.335 e. The molecule has 3 rings (SSSR count). The van der Waals surface area contributed by atoms with Crippen LogP contribution in [-0.2, 0) is 23.8 Å². The molecule has 0 aliphatic carbocycles. The maximum absolute atomic E-state index is 13.5. The molecular formula is C19H17F4NO. The van der Waals surface area contributed by atoms with E-state index >= 15 is 0 Å². The number of benzene rings is 2. The van der Waals surface area contributed by atoms with Gasteiger partial charge in [-0.15, -0.1) is 0 Å². The fraction of sp³-hybridized carbons (Fsp3) is 0.316. The van der Waals surface area contributed by atoms with E-state index in [1.165, 1.54) is 24.3 Å². The highest BCUT2D eigenvalue weighted by molar-refractivity contribution is 5.79. The lowest BCUT2D eigenvalue weighted by atomic mass is 9.93. The van der Waals surface area contributed by atoms with Gasteiger partial charge in [0.2, 0.25) is 5.91 Å². The summed E-state index contributed by atoms with van der Waals surface area (Å²) >= 11 is 0. The van der Waals surface area contributed by atoms with Crippen LogP contribution in [0.2, 0.25) is 0 Å². The van der Waals surface area contributed by atoms with E-state index in [0.29, 0.717) is 18.5 Å². The standard InChI is InChI=1S/C19H17F4NO/c1-12-17-11-16(20)6-5-14(17)7-8-24(12)18(25)10-13-3-2-4-15(9-13)19(21,22)23/h2-6,9,11-12H,7-8,10H2,1H3. The molecule has 1 aliphatic heterocycles. The molecular weight excluding hydrogens is 334 g/mol. The zero-order chi connectivity index (χ0) is 18.2. The summed E-state index contributed by atoms with van der Waals surface area (Å²) < 4.78 is 51.9. The van der Waals surface area contributed by atoms with Crippen LogP contribution in [0.25, 0.3) is 0 Å². The second-order valence-electron chi connectivity index (χ2n) is 6.23. The van der Waals surface area contributed by atoms with Gasteiger partial charge in [-0.1, -0.05) is 24.3 Å². The molecule has 132 valence electrons. The summed E-state index contributed by atoms with van der Waals surface area (Å²) in [5, 5.41) is 0. The summed E-state index contributed by atoms with van der Waals surface area (Å²) in [4.78, 5) is 14.2. The predicted molar refractivity (Wildman–Crippen MR) is 85.4 cm³/mol. The van der Waals surface area contributed by atoms with Gasteiger partial charge in [0.25, 0.3) is 0 Å². The van der Waals surface area contributed by atoms with Crippen LogP contribution in [0.15, 0.2) is 42.5 Å². The van der Waals surface area contributed by atoms with Crippen molar-refractivity contribution in [3.8, 4) is 0 Å². The third-order valence-electron chi connectivity index (χ3n) is 4.58. The average Bonchev–Trinajstić information content (AvgIpc) is 2.55. The highest BCUT2D eigenvalue weighted by Gasteiger charge is 2.31. The van der Waals surface area contributed by atoms with Crippen molar-refractivity contribution in [1.29, 1.82) is 0 Å². The van der Waals surface area contributed by atoms with Crippen LogP contribution in [0, 0.1) is 5.82 Å². The zero-order valence-electron chi connectivity index (χ0n) is 13.6. The summed E-state index contributed by atoms with van der Waals surface area (Å²) in [6.07, 6.45) is -3.94. The lowest BCUT2D eigenvalue weighted by molar-refractivity contribution is -0.138. The Morgan fingerprint density at radius 3 is 2.68 bits per heavy atom. The lowest BCUT2D eigenvalue weighted by Crippen LogP contribution is -2.39. The van der Waals surface area contributed by atoms with Gasteiger partial charge in [0.15, 0.2) is 0 Å². The highest BCUT2D eigenvalue weighted by Crippen LogP contribution is 2.32. The zero-order valence-corrected chi connectivity index (χ0v) is 13.6. The average molecular weight is 351 g/mol. The van der Waals surface area contributed by atoms with Gasteiger partial charge in [0.1, 0.15) is 5.82 Å². The molecule has 1 unspecified atom stereocenters. The van der Waals surface area contributed by atoms with Crippen molar-refractivity contribution in [2.45, 2.75) is 32.0 Å². The van der Waals surface area contributed by atoms with E-state index < -0.39 is 11.7 Å². The van der Waals surface area contributed by atoms with Crippen LogP contribution in [0.4, 0.5) is 17.6 Å². The molecule has 2 aromatic carbocycles. The van der Waals surface area contributed by atoms with Crippen LogP contribution in [0.5, 0.6) is 0 Å². The Morgan fingerprint density at radius 2 is 1.96 bits per heavy atom. The number of nitrogens with zero attached hydrogens (tertiary/aromatic N) is 1. The Morgan fingerprint density at radius 1 is 1.20 bits per heavy atom. The van der Waals surface area contributed by atoms with Gasteiger partial charge in [-0.25, -0.2) is 4.39 Å². The molecule has 0 radical (unpaired) electrons. The molecule has 1 aliphatic rings. The van der Waals surface area contributed by atoms with Gasteiger partial charge in [-0.3, -0.25) is 4.79 Å². The monoisotopic (exact) mass is 351 g/mol. The molecule has 2 aromatic rings. The molecule has 2 nitrogen and oxygen atoms in total. The van der Waals surface area contributed by atoms with Crippen molar-refractivity contribution in [2.24, 2.45) is 0 Å². The predicted octanol–water partition coefficient (Wildman–Crippen LogP) is 4.53. The minimum absolute atomic E-state index is 0.112. The summed E-state index contributed by atoms with van der Waals surface area (Å²) in [6.45, 7) is 2.28. The topological polar surface area (TPSA) is 20.3 Å². The van der Waals surface area contributed by atoms with Gasteiger partial charge in [0, 0.05) is 6.54 Å². The van der Waals surface area contributed by atoms with E-state index in [1.807, 2.05) is 6.92 Å². The van der Waals surface area contributed by atoms with Crippen LogP contribution in [-0.4, -0.2) is 17.4 Å². The van der Waals surface area contributed by atoms with Gasteiger partial charge < -0.3 is 4.90 Å². The molecule has 6 heteroatoms. The van der Waals surface area contributed by atoms with E-state index in [2.05, 4.69) is 0 Å². The largest absolute Gasteiger partial charge is 0.416 e. The fourth-order valence-corrected chi connectivity index (χ4v) is 3.26. The number of alkyl halides is 3. The summed E-state index contributed by atoms with van der Waals surface area (Å²) in [5.41, 5.74) is 1.30. The number of hydrogen-bond donors (Lipinski definition) is 0. The number of fused-ring (bicyclic) bond motifs is 1. The molecule has 1 atom stereocenters. The molecule has 0 spiro atoms. The van der Waals surface area contributed by atoms with E-state index in [9.17, 15) is 22.4 Å². The second kappa shape index (κ2) is 6.50. The maximum atomic E-state index is 13.5. The second-order valence-corrected chi connectivity index (χ2v) is 6.23. The Kier molecular flexibility index (Phi) is 4.54. The molecule has 0 fully saturated rings. The van der Waals surface area contributed by atoms with Crippen molar-refractivity contribution < 1.29 is 22.4 Å². The van der Waals surface area contributed by atoms with Gasteiger partial charge >= 0.3 is 6.18 Å². The maximum Gasteiger partial charge on any atom is 0.416 e. The van der Waals surface area contributed by atoms with Crippen molar-refractivity contribution in [2.75, 3.05) is 6.54 Å². The number of halogens is 4. The molecule has 0 saturated carbocycles. The summed E-state index contributed by atoms with van der Waals surface area (Å²) in [7, 11) is 0. The van der Waals surface area contributed by atoms with Gasteiger partial charge in [-0.05, 0) is 48.2 Å². The SMILES string of the molecule is CC1c2cc(F)ccc2CCN1C(=O)Cc1cccc(C(F)(F)F)c1. The Hall–Kier alpha value is -2.37. The number of carbonyl (C=O) groups excluding carboxylic acids is 1. The Balaban J connectivity index is 1.78. The van der Waals surface area contributed by atoms with Gasteiger partial charge in [-0.2, -0.15) is 13.2 Å². The molecule has 25 heavy (non-hydrogen) atoms. The van der Waals surface area contributed by atoms with Gasteiger partial charge in [0.05, 0.1) is 18.0 Å². The first-order valence-corrected chi connectivity index (χ1v) is 7.99. The summed E-state index contributed by atoms with van der Waals surface area (Å²) in [6, 6.07) is 9.02. The number of rotatable bonds is 2. The fourth-order valence-electron chi connectivity index (χ4n) is 3.26. The number of carbonyl (C=O) groups is 1. The third kappa shape index (κ3) is 3.67. The van der Waals surface area contributed by atoms with Crippen LogP contribution < -0.4 is 0 Å². The van der Waals surface area contributed by atoms with Crippen LogP contribution >= 0.6 is 0 Å². The summed E-state index contributed by atoms with van der Waals surface area (Å²) in [5.74, 6) is -0.625. The van der Waals surface area contributed by atoms with Crippen LogP contribution in [0.3, 0.4) is 0 Å². The lowest BCUT2D eigenvalue weighted by Gasteiger charge is -2.35. The van der Waals surface area contributed by atoms with E-state index in [0.717, 1.165) is 23.3 Å². The van der Waals surface area contributed by atoms with Crippen molar-refractivity contribution in [1.82, 2.24) is 4.90 Å². The first-order valence-electron chi connectivity index (χ1n) is 7.99. The molecule has 0 N–H and O–H groups in total. The highest BCUT2D eigenvalue weighted by atomic mass is 19.4. The molecule has 1 heterocycles. The Bertz CT molecular complexity index is 800. The third-order valence-corrected chi connectivity index (χ3v) is 4.58. The number of hydrogen-bond acceptors (Lipinski definition) is 1. The van der Waals surface area contributed by atoms with E-state index in [4.69, 9.17) is 0 Å². The van der Waals surface area contributed by atoms with Crippen LogP contribution in [0.1, 0.15) is 35.2 Å². The minimum atomic E-state index is -4.44. The normalized spacial score (nSPS) is 17.3. The Labute approximate surface area is 143 Å². The molecule has 1 amide bonds. The smallest absolute Gasteiger partial charge is 0.335 e. The quantitative estimate of drug-likeness (QED) is 0.728. The first-order chi connectivity index (χ1) is 11.8. The molecule has 0 aromatic heterocycles.